The number of benzene rings is 1. The first-order valence-corrected chi connectivity index (χ1v) is 7.09. The summed E-state index contributed by atoms with van der Waals surface area (Å²) in [5, 5.41) is 25.2. The summed E-state index contributed by atoms with van der Waals surface area (Å²) >= 11 is 0. The molecule has 0 saturated carbocycles. The van der Waals surface area contributed by atoms with E-state index >= 15 is 0 Å². The van der Waals surface area contributed by atoms with Crippen molar-refractivity contribution in [1.29, 1.82) is 0 Å². The molecule has 0 spiro atoms. The number of nitrogens with zero attached hydrogens (tertiary/aromatic N) is 4. The highest BCUT2D eigenvalue weighted by atomic mass is 16.6. The van der Waals surface area contributed by atoms with E-state index in [9.17, 15) is 25.0 Å². The average Bonchev–Trinajstić information content (AvgIpc) is 3.06. The normalized spacial score (nSPS) is 11.8. The smallest absolute Gasteiger partial charge is 0.323 e. The Hall–Kier alpha value is -3.34. The largest absolute Gasteiger partial charge is 0.468 e. The molecule has 0 amide bonds. The third-order valence-corrected chi connectivity index (χ3v) is 3.53. The Morgan fingerprint density at radius 3 is 2.40 bits per heavy atom. The van der Waals surface area contributed by atoms with E-state index in [1.165, 1.54) is 42.4 Å². The predicted octanol–water partition coefficient (Wildman–Crippen LogP) is 0.992. The Balaban J connectivity index is 2.44. The number of imidazole rings is 1. The zero-order valence-corrected chi connectivity index (χ0v) is 13.4. The Labute approximate surface area is 141 Å². The van der Waals surface area contributed by atoms with E-state index in [0.717, 1.165) is 0 Å². The molecular formula is C14H15N5O6. The first-order chi connectivity index (χ1) is 11.9. The summed E-state index contributed by atoms with van der Waals surface area (Å²) in [6, 6.07) is 2.93. The van der Waals surface area contributed by atoms with Gasteiger partial charge < -0.3 is 10.1 Å². The van der Waals surface area contributed by atoms with Gasteiger partial charge in [0.05, 0.1) is 29.0 Å². The maximum atomic E-state index is 11.6. The average molecular weight is 349 g/mol. The zero-order chi connectivity index (χ0) is 18.6. The van der Waals surface area contributed by atoms with Gasteiger partial charge in [-0.15, -0.1) is 0 Å². The zero-order valence-electron chi connectivity index (χ0n) is 13.4. The van der Waals surface area contributed by atoms with Crippen molar-refractivity contribution in [1.82, 2.24) is 14.9 Å². The highest BCUT2D eigenvalue weighted by Crippen LogP contribution is 2.32. The number of hydrogen-bond donors (Lipinski definition) is 1. The fourth-order valence-corrected chi connectivity index (χ4v) is 2.32. The molecule has 0 aliphatic heterocycles. The highest BCUT2D eigenvalue weighted by Gasteiger charge is 2.27. The van der Waals surface area contributed by atoms with Crippen LogP contribution < -0.4 is 5.32 Å². The Kier molecular flexibility index (Phi) is 5.39. The van der Waals surface area contributed by atoms with Crippen LogP contribution in [0.5, 0.6) is 0 Å². The third-order valence-electron chi connectivity index (χ3n) is 3.53. The third kappa shape index (κ3) is 3.77. The number of nitro benzene ring substituents is 2. The van der Waals surface area contributed by atoms with Crippen molar-refractivity contribution in [3.63, 3.8) is 0 Å². The van der Waals surface area contributed by atoms with Crippen LogP contribution in [0.3, 0.4) is 0 Å². The number of ether oxygens (including phenoxy) is 1. The van der Waals surface area contributed by atoms with Crippen molar-refractivity contribution in [2.75, 3.05) is 14.2 Å². The molecule has 0 aliphatic rings. The van der Waals surface area contributed by atoms with E-state index in [4.69, 9.17) is 0 Å². The van der Waals surface area contributed by atoms with Gasteiger partial charge in [0.2, 0.25) is 5.69 Å². The lowest BCUT2D eigenvalue weighted by Crippen LogP contribution is -2.37. The molecule has 1 N–H and O–H groups in total. The fraction of sp³-hybridized carbons (Fsp3) is 0.286. The topological polar surface area (TPSA) is 142 Å². The second kappa shape index (κ2) is 7.49. The maximum Gasteiger partial charge on any atom is 0.323 e. The number of rotatable bonds is 7. The van der Waals surface area contributed by atoms with Gasteiger partial charge in [0.1, 0.15) is 6.04 Å². The molecule has 132 valence electrons. The summed E-state index contributed by atoms with van der Waals surface area (Å²) in [6.45, 7) is 0. The van der Waals surface area contributed by atoms with E-state index in [0.29, 0.717) is 5.69 Å². The number of nitrogens with one attached hydrogen (secondary N) is 1. The quantitative estimate of drug-likeness (QED) is 0.443. The van der Waals surface area contributed by atoms with Crippen molar-refractivity contribution < 1.29 is 19.4 Å². The second-order valence-electron chi connectivity index (χ2n) is 5.00. The van der Waals surface area contributed by atoms with Gasteiger partial charge in [-0.25, -0.2) is 4.98 Å². The molecule has 1 aromatic heterocycles. The van der Waals surface area contributed by atoms with Gasteiger partial charge in [-0.05, 0) is 13.1 Å². The molecule has 0 fully saturated rings. The molecule has 1 atom stereocenters. The van der Waals surface area contributed by atoms with Gasteiger partial charge in [0.15, 0.2) is 0 Å². The number of carbonyl (C=O) groups is 1. The minimum Gasteiger partial charge on any atom is -0.468 e. The standard InChI is InChI=1S/C14H15N5O6/c1-15-10(14(20)25-2)6-9-7-17(8-16-9)13-11(18(21)22)4-3-5-12(13)19(23)24/h3-5,7-8,10,15H,6H2,1-2H3/t10-/m0/s1. The molecule has 0 bridgehead atoms. The molecule has 25 heavy (non-hydrogen) atoms. The minimum absolute atomic E-state index is 0.157. The Morgan fingerprint density at radius 2 is 1.92 bits per heavy atom. The number of nitro groups is 2. The van der Waals surface area contributed by atoms with Crippen LogP contribution in [0.25, 0.3) is 5.69 Å². The van der Waals surface area contributed by atoms with Crippen LogP contribution >= 0.6 is 0 Å². The van der Waals surface area contributed by atoms with E-state index in [2.05, 4.69) is 15.0 Å². The van der Waals surface area contributed by atoms with Gasteiger partial charge in [0, 0.05) is 24.8 Å². The number of para-hydroxylation sites is 1. The number of aromatic nitrogens is 2. The molecule has 2 rings (SSSR count). The van der Waals surface area contributed by atoms with Gasteiger partial charge in [0.25, 0.3) is 11.4 Å². The van der Waals surface area contributed by atoms with E-state index in [1.54, 1.807) is 7.05 Å². The van der Waals surface area contributed by atoms with Crippen LogP contribution in [0, 0.1) is 20.2 Å². The number of carbonyl (C=O) groups excluding carboxylic acids is 1. The summed E-state index contributed by atoms with van der Waals surface area (Å²) in [7, 11) is 2.83. The molecule has 2 aromatic rings. The van der Waals surface area contributed by atoms with E-state index in [-0.39, 0.29) is 12.1 Å². The molecule has 1 heterocycles. The second-order valence-corrected chi connectivity index (χ2v) is 5.00. The van der Waals surface area contributed by atoms with Crippen LogP contribution in [0.2, 0.25) is 0 Å². The summed E-state index contributed by atoms with van der Waals surface area (Å²) in [5.41, 5.74) is -0.625. The summed E-state index contributed by atoms with van der Waals surface area (Å²) in [5.74, 6) is -0.492. The van der Waals surface area contributed by atoms with Crippen LogP contribution in [-0.2, 0) is 16.0 Å². The van der Waals surface area contributed by atoms with Crippen LogP contribution in [0.1, 0.15) is 5.69 Å². The number of hydrogen-bond acceptors (Lipinski definition) is 8. The van der Waals surface area contributed by atoms with Crippen LogP contribution in [0.4, 0.5) is 11.4 Å². The molecule has 0 unspecified atom stereocenters. The Morgan fingerprint density at radius 1 is 1.32 bits per heavy atom. The minimum atomic E-state index is -0.702. The number of methoxy groups -OCH3 is 1. The van der Waals surface area contributed by atoms with E-state index < -0.39 is 33.2 Å². The van der Waals surface area contributed by atoms with Crippen LogP contribution in [-0.4, -0.2) is 45.6 Å². The summed E-state index contributed by atoms with van der Waals surface area (Å²) < 4.78 is 5.86. The first kappa shape index (κ1) is 18.0. The lowest BCUT2D eigenvalue weighted by molar-refractivity contribution is -0.393. The van der Waals surface area contributed by atoms with Gasteiger partial charge in [-0.1, -0.05) is 0 Å². The maximum absolute atomic E-state index is 11.6. The summed E-state index contributed by atoms with van der Waals surface area (Å²) in [4.78, 5) is 36.7. The molecule has 1 aromatic carbocycles. The number of likely N-dealkylation sites (N-methyl/N-ethyl adjacent to an activating group) is 1. The molecule has 0 saturated heterocycles. The predicted molar refractivity (Wildman–Crippen MR) is 85.4 cm³/mol. The van der Waals surface area contributed by atoms with Crippen molar-refractivity contribution in [3.05, 3.63) is 56.6 Å². The first-order valence-electron chi connectivity index (χ1n) is 7.09. The SMILES string of the molecule is CN[C@@H](Cc1cn(-c2c([N+](=O)[O-])cccc2[N+](=O)[O-])cn1)C(=O)OC. The molecule has 0 aliphatic carbocycles. The highest BCUT2D eigenvalue weighted by molar-refractivity contribution is 5.76. The van der Waals surface area contributed by atoms with Crippen LogP contribution in [0.15, 0.2) is 30.7 Å². The van der Waals surface area contributed by atoms with Crippen molar-refractivity contribution in [3.8, 4) is 5.69 Å². The lowest BCUT2D eigenvalue weighted by atomic mass is 10.1. The number of esters is 1. The lowest BCUT2D eigenvalue weighted by Gasteiger charge is -2.11. The summed E-state index contributed by atoms with van der Waals surface area (Å²) in [6.07, 6.45) is 2.79. The van der Waals surface area contributed by atoms with Gasteiger partial charge >= 0.3 is 5.97 Å². The Bertz CT molecular complexity index is 786. The van der Waals surface area contributed by atoms with Crippen molar-refractivity contribution in [2.45, 2.75) is 12.5 Å². The van der Waals surface area contributed by atoms with E-state index in [1.807, 2.05) is 0 Å². The molecule has 11 heteroatoms. The monoisotopic (exact) mass is 349 g/mol. The van der Waals surface area contributed by atoms with Crippen molar-refractivity contribution >= 4 is 17.3 Å². The fourth-order valence-electron chi connectivity index (χ4n) is 2.32. The van der Waals surface area contributed by atoms with Gasteiger partial charge in [-0.2, -0.15) is 0 Å². The molecular weight excluding hydrogens is 334 g/mol. The molecule has 0 radical (unpaired) electrons. The molecule has 11 nitrogen and oxygen atoms in total. The van der Waals surface area contributed by atoms with Gasteiger partial charge in [-0.3, -0.25) is 29.6 Å². The van der Waals surface area contributed by atoms with Crippen molar-refractivity contribution in [2.24, 2.45) is 0 Å².